The van der Waals surface area contributed by atoms with Crippen LogP contribution in [-0.2, 0) is 6.54 Å². The number of hydrogen-bond donors (Lipinski definition) is 3. The van der Waals surface area contributed by atoms with Crippen LogP contribution in [0.2, 0.25) is 0 Å². The van der Waals surface area contributed by atoms with Gasteiger partial charge in [0.05, 0.1) is 6.54 Å². The molecule has 0 saturated heterocycles. The summed E-state index contributed by atoms with van der Waals surface area (Å²) >= 11 is 5.06. The summed E-state index contributed by atoms with van der Waals surface area (Å²) in [6.45, 7) is 0.614. The fourth-order valence-electron chi connectivity index (χ4n) is 1.61. The lowest BCUT2D eigenvalue weighted by atomic mass is 10.5. The van der Waals surface area contributed by atoms with Crippen LogP contribution < -0.4 is 16.6 Å². The second-order valence-corrected chi connectivity index (χ2v) is 5.87. The van der Waals surface area contributed by atoms with Gasteiger partial charge in [-0.25, -0.2) is 10.5 Å². The van der Waals surface area contributed by atoms with Crippen molar-refractivity contribution in [3.63, 3.8) is 0 Å². The number of aromatic nitrogens is 5. The van der Waals surface area contributed by atoms with Crippen LogP contribution in [0, 0.1) is 0 Å². The van der Waals surface area contributed by atoms with Gasteiger partial charge in [0.25, 0.3) is 5.95 Å². The molecule has 0 aliphatic rings. The topological polar surface area (TPSA) is 107 Å². The zero-order valence-corrected chi connectivity index (χ0v) is 13.1. The van der Waals surface area contributed by atoms with Gasteiger partial charge in [0.2, 0.25) is 11.9 Å². The van der Waals surface area contributed by atoms with Gasteiger partial charge in [-0.1, -0.05) is 0 Å². The second-order valence-electron chi connectivity index (χ2n) is 3.96. The van der Waals surface area contributed by atoms with E-state index in [4.69, 9.17) is 5.84 Å². The molecular weight excluding hydrogens is 356 g/mol. The molecule has 0 amide bonds. The SMILES string of the molecule is NNc1nc(NCc2cc(Br)cs2)nc(-n2cccn2)n1. The predicted molar refractivity (Wildman–Crippen MR) is 84.1 cm³/mol. The average molecular weight is 367 g/mol. The molecule has 21 heavy (non-hydrogen) atoms. The molecule has 0 aliphatic heterocycles. The van der Waals surface area contributed by atoms with Gasteiger partial charge in [-0.3, -0.25) is 5.43 Å². The highest BCUT2D eigenvalue weighted by Crippen LogP contribution is 2.20. The van der Waals surface area contributed by atoms with Gasteiger partial charge in [0.15, 0.2) is 0 Å². The molecule has 3 rings (SSSR count). The lowest BCUT2D eigenvalue weighted by Gasteiger charge is -2.07. The number of anilines is 2. The highest BCUT2D eigenvalue weighted by Gasteiger charge is 2.08. The molecule has 10 heteroatoms. The van der Waals surface area contributed by atoms with Crippen LogP contribution in [0.25, 0.3) is 5.95 Å². The first kappa shape index (κ1) is 13.9. The van der Waals surface area contributed by atoms with Gasteiger partial charge in [-0.2, -0.15) is 20.1 Å². The van der Waals surface area contributed by atoms with Crippen LogP contribution >= 0.6 is 27.3 Å². The Morgan fingerprint density at radius 3 is 2.81 bits per heavy atom. The summed E-state index contributed by atoms with van der Waals surface area (Å²) in [7, 11) is 0. The van der Waals surface area contributed by atoms with Crippen molar-refractivity contribution in [3.8, 4) is 5.95 Å². The Morgan fingerprint density at radius 1 is 1.29 bits per heavy atom. The summed E-state index contributed by atoms with van der Waals surface area (Å²) < 4.78 is 2.59. The molecule has 3 aromatic heterocycles. The highest BCUT2D eigenvalue weighted by atomic mass is 79.9. The van der Waals surface area contributed by atoms with Gasteiger partial charge >= 0.3 is 0 Å². The number of halogens is 1. The lowest BCUT2D eigenvalue weighted by Crippen LogP contribution is -2.15. The Balaban J connectivity index is 1.82. The van der Waals surface area contributed by atoms with E-state index < -0.39 is 0 Å². The quantitative estimate of drug-likeness (QED) is 0.466. The smallest absolute Gasteiger partial charge is 0.257 e. The molecule has 0 bridgehead atoms. The first-order valence-corrected chi connectivity index (χ1v) is 7.61. The molecule has 3 aromatic rings. The average Bonchev–Trinajstić information content (AvgIpc) is 3.16. The third-order valence-corrected chi connectivity index (χ3v) is 4.20. The third kappa shape index (κ3) is 3.35. The van der Waals surface area contributed by atoms with Crippen molar-refractivity contribution in [3.05, 3.63) is 39.3 Å². The number of nitrogens with one attached hydrogen (secondary N) is 2. The van der Waals surface area contributed by atoms with Gasteiger partial charge in [0, 0.05) is 27.1 Å². The van der Waals surface area contributed by atoms with E-state index in [1.807, 2.05) is 11.4 Å². The number of nitrogens with two attached hydrogens (primary N) is 1. The standard InChI is InChI=1S/C11H11BrN8S/c12-7-4-8(21-6-7)5-14-9-16-10(19-13)18-11(17-9)20-3-1-2-15-20/h1-4,6H,5,13H2,(H2,14,16,17,18,19). The number of nitrogen functional groups attached to an aromatic ring is 1. The van der Waals surface area contributed by atoms with Crippen LogP contribution in [0.1, 0.15) is 4.88 Å². The molecule has 0 fully saturated rings. The zero-order valence-electron chi connectivity index (χ0n) is 10.7. The molecule has 108 valence electrons. The fraction of sp³-hybridized carbons (Fsp3) is 0.0909. The first-order chi connectivity index (χ1) is 10.2. The van der Waals surface area contributed by atoms with E-state index in [0.717, 1.165) is 9.35 Å². The van der Waals surface area contributed by atoms with Crippen LogP contribution in [0.5, 0.6) is 0 Å². The molecule has 3 heterocycles. The van der Waals surface area contributed by atoms with E-state index in [2.05, 4.69) is 46.7 Å². The van der Waals surface area contributed by atoms with Crippen molar-refractivity contribution in [2.45, 2.75) is 6.54 Å². The Bertz CT molecular complexity index is 726. The van der Waals surface area contributed by atoms with Crippen LogP contribution in [0.3, 0.4) is 0 Å². The second kappa shape index (κ2) is 6.16. The normalized spacial score (nSPS) is 10.6. The molecule has 4 N–H and O–H groups in total. The van der Waals surface area contributed by atoms with Crippen molar-refractivity contribution in [1.29, 1.82) is 0 Å². The molecular formula is C11H11BrN8S. The molecule has 0 aromatic carbocycles. The van der Waals surface area contributed by atoms with Crippen molar-refractivity contribution >= 4 is 39.2 Å². The fourth-order valence-corrected chi connectivity index (χ4v) is 3.00. The summed E-state index contributed by atoms with van der Waals surface area (Å²) in [5, 5.41) is 9.25. The summed E-state index contributed by atoms with van der Waals surface area (Å²) in [6, 6.07) is 3.82. The van der Waals surface area contributed by atoms with E-state index >= 15 is 0 Å². The number of thiophene rings is 1. The Labute approximate surface area is 132 Å². The number of hydrogen-bond acceptors (Lipinski definition) is 8. The first-order valence-electron chi connectivity index (χ1n) is 5.94. The molecule has 0 unspecified atom stereocenters. The van der Waals surface area contributed by atoms with Crippen LogP contribution in [-0.4, -0.2) is 24.7 Å². The van der Waals surface area contributed by atoms with E-state index in [1.165, 1.54) is 4.68 Å². The Hall–Kier alpha value is -2.04. The molecule has 0 radical (unpaired) electrons. The summed E-state index contributed by atoms with van der Waals surface area (Å²) in [4.78, 5) is 13.8. The molecule has 0 atom stereocenters. The summed E-state index contributed by atoms with van der Waals surface area (Å²) in [5.74, 6) is 6.47. The van der Waals surface area contributed by atoms with E-state index in [-0.39, 0.29) is 5.95 Å². The van der Waals surface area contributed by atoms with E-state index in [1.54, 1.807) is 29.8 Å². The van der Waals surface area contributed by atoms with Crippen molar-refractivity contribution in [1.82, 2.24) is 24.7 Å². The largest absolute Gasteiger partial charge is 0.349 e. The number of hydrazine groups is 1. The van der Waals surface area contributed by atoms with Gasteiger partial charge in [-0.05, 0) is 28.1 Å². The van der Waals surface area contributed by atoms with Crippen molar-refractivity contribution < 1.29 is 0 Å². The van der Waals surface area contributed by atoms with E-state index in [9.17, 15) is 0 Å². The minimum atomic E-state index is 0.269. The molecule has 8 nitrogen and oxygen atoms in total. The Kier molecular flexibility index (Phi) is 4.08. The van der Waals surface area contributed by atoms with Gasteiger partial charge < -0.3 is 5.32 Å². The zero-order chi connectivity index (χ0) is 14.7. The Morgan fingerprint density at radius 2 is 2.14 bits per heavy atom. The maximum Gasteiger partial charge on any atom is 0.257 e. The minimum Gasteiger partial charge on any atom is -0.349 e. The molecule has 0 spiro atoms. The van der Waals surface area contributed by atoms with Gasteiger partial charge in [-0.15, -0.1) is 11.3 Å². The number of rotatable bonds is 5. The van der Waals surface area contributed by atoms with Crippen LogP contribution in [0.4, 0.5) is 11.9 Å². The van der Waals surface area contributed by atoms with E-state index in [0.29, 0.717) is 18.4 Å². The summed E-state index contributed by atoms with van der Waals surface area (Å²) in [5.41, 5.74) is 2.42. The maximum atomic E-state index is 5.39. The lowest BCUT2D eigenvalue weighted by molar-refractivity contribution is 0.796. The molecule has 0 aliphatic carbocycles. The van der Waals surface area contributed by atoms with Crippen molar-refractivity contribution in [2.24, 2.45) is 5.84 Å². The monoisotopic (exact) mass is 366 g/mol. The predicted octanol–water partition coefficient (Wildman–Crippen LogP) is 1.78. The number of nitrogens with zero attached hydrogens (tertiary/aromatic N) is 5. The maximum absolute atomic E-state index is 5.39. The van der Waals surface area contributed by atoms with Crippen molar-refractivity contribution in [2.75, 3.05) is 10.7 Å². The van der Waals surface area contributed by atoms with Gasteiger partial charge in [0.1, 0.15) is 0 Å². The third-order valence-electron chi connectivity index (χ3n) is 2.50. The van der Waals surface area contributed by atoms with Crippen LogP contribution in [0.15, 0.2) is 34.4 Å². The highest BCUT2D eigenvalue weighted by molar-refractivity contribution is 9.10. The minimum absolute atomic E-state index is 0.269. The summed E-state index contributed by atoms with van der Waals surface area (Å²) in [6.07, 6.45) is 3.39. The molecule has 0 saturated carbocycles.